The van der Waals surface area contributed by atoms with E-state index in [9.17, 15) is 0 Å². The minimum absolute atomic E-state index is 0.585. The first kappa shape index (κ1) is 48.4. The number of hydrogen-bond acceptors (Lipinski definition) is 8. The molecule has 390 valence electrons. The Morgan fingerprint density at radius 3 is 1.25 bits per heavy atom. The van der Waals surface area contributed by atoms with Crippen LogP contribution in [0.3, 0.4) is 0 Å². The van der Waals surface area contributed by atoms with Crippen molar-refractivity contribution >= 4 is 64.9 Å². The van der Waals surface area contributed by atoms with E-state index in [-0.39, 0.29) is 0 Å². The van der Waals surface area contributed by atoms with Crippen molar-refractivity contribution in [2.24, 2.45) is 0 Å². The Morgan fingerprint density at radius 2 is 0.619 bits per heavy atom. The van der Waals surface area contributed by atoms with E-state index in [1.807, 2.05) is 48.8 Å². The molecule has 84 heavy (non-hydrogen) atoms. The molecular weight excluding hydrogens is 1020 g/mol. The summed E-state index contributed by atoms with van der Waals surface area (Å²) in [7, 11) is 0. The van der Waals surface area contributed by atoms with Crippen LogP contribution in [0.4, 0.5) is 0 Å². The molecule has 8 heteroatoms. The highest BCUT2D eigenvalue weighted by Crippen LogP contribution is 2.40. The van der Waals surface area contributed by atoms with Crippen LogP contribution < -0.4 is 0 Å². The Balaban J connectivity index is 0.748. The van der Waals surface area contributed by atoms with Crippen molar-refractivity contribution in [3.63, 3.8) is 0 Å². The highest BCUT2D eigenvalue weighted by molar-refractivity contribution is 6.15. The lowest BCUT2D eigenvalue weighted by Crippen LogP contribution is -2.01. The van der Waals surface area contributed by atoms with Crippen LogP contribution in [-0.4, -0.2) is 39.9 Å². The van der Waals surface area contributed by atoms with Crippen molar-refractivity contribution in [3.05, 3.63) is 279 Å². The van der Waals surface area contributed by atoms with Crippen molar-refractivity contribution in [2.75, 3.05) is 0 Å². The van der Waals surface area contributed by atoms with Gasteiger partial charge in [-0.1, -0.05) is 231 Å². The fourth-order valence-corrected chi connectivity index (χ4v) is 11.9. The van der Waals surface area contributed by atoms with Crippen molar-refractivity contribution in [3.8, 4) is 102 Å². The Hall–Kier alpha value is -11.5. The van der Waals surface area contributed by atoms with E-state index >= 15 is 0 Å². The average molecular weight is 1070 g/mol. The van der Waals surface area contributed by atoms with E-state index in [4.69, 9.17) is 39.9 Å². The van der Waals surface area contributed by atoms with Crippen LogP contribution in [0.15, 0.2) is 279 Å². The topological polar surface area (TPSA) is 103 Å². The van der Waals surface area contributed by atoms with E-state index < -0.39 is 0 Å². The van der Waals surface area contributed by atoms with E-state index in [2.05, 4.69) is 231 Å². The number of pyridine rings is 2. The Labute approximate surface area is 483 Å². The standard InChI is InChI=1S/C76H46N8/c1-2-15-50(16-3-1)71-79-72(51-36-32-48(33-37-51)61-29-13-19-49-22-14-41-78-70(49)61)81-74(80-71)57-21-12-20-53(43-57)54-38-39-66-60(40-42-77-69(66)46-54)47-30-34-52(35-31-47)73-82-75(67-44-55-17-4-6-23-58(55)62-25-8-10-27-64(62)67)84-76(83-73)68-45-56-18-5-7-24-59(56)63-26-9-11-28-65(63)68/h1-46H. The molecule has 0 unspecified atom stereocenters. The third-order valence-electron chi connectivity index (χ3n) is 16.1. The summed E-state index contributed by atoms with van der Waals surface area (Å²) in [5.41, 5.74) is 13.6. The molecule has 0 aliphatic carbocycles. The van der Waals surface area contributed by atoms with Gasteiger partial charge in [0.2, 0.25) is 0 Å². The monoisotopic (exact) mass is 1070 g/mol. The molecule has 0 saturated heterocycles. The molecule has 0 spiro atoms. The molecule has 4 aromatic heterocycles. The van der Waals surface area contributed by atoms with Crippen LogP contribution in [0.5, 0.6) is 0 Å². The third-order valence-corrected chi connectivity index (χ3v) is 16.1. The number of nitrogens with zero attached hydrogens (tertiary/aromatic N) is 8. The summed E-state index contributed by atoms with van der Waals surface area (Å²) >= 11 is 0. The van der Waals surface area contributed by atoms with Crippen LogP contribution in [0.1, 0.15) is 0 Å². The molecule has 16 rings (SSSR count). The van der Waals surface area contributed by atoms with Crippen LogP contribution in [-0.2, 0) is 0 Å². The fraction of sp³-hybridized carbons (Fsp3) is 0. The number of benzene rings is 12. The Morgan fingerprint density at radius 1 is 0.190 bits per heavy atom. The quantitative estimate of drug-likeness (QED) is 0.132. The van der Waals surface area contributed by atoms with Crippen LogP contribution in [0.2, 0.25) is 0 Å². The molecule has 0 aliphatic heterocycles. The predicted octanol–water partition coefficient (Wildman–Crippen LogP) is 18.8. The molecule has 0 atom stereocenters. The van der Waals surface area contributed by atoms with Crippen molar-refractivity contribution in [1.29, 1.82) is 0 Å². The van der Waals surface area contributed by atoms with Gasteiger partial charge in [-0.3, -0.25) is 9.97 Å². The number of aromatic nitrogens is 8. The minimum Gasteiger partial charge on any atom is -0.256 e. The van der Waals surface area contributed by atoms with Gasteiger partial charge in [-0.25, -0.2) is 29.9 Å². The van der Waals surface area contributed by atoms with Gasteiger partial charge in [0.15, 0.2) is 34.9 Å². The second kappa shape index (κ2) is 20.3. The van der Waals surface area contributed by atoms with Gasteiger partial charge >= 0.3 is 0 Å². The van der Waals surface area contributed by atoms with Gasteiger partial charge in [-0.15, -0.1) is 0 Å². The molecule has 0 bridgehead atoms. The van der Waals surface area contributed by atoms with Gasteiger partial charge in [0.25, 0.3) is 0 Å². The summed E-state index contributed by atoms with van der Waals surface area (Å²) < 4.78 is 0. The second-order valence-electron chi connectivity index (χ2n) is 21.1. The van der Waals surface area contributed by atoms with Crippen LogP contribution >= 0.6 is 0 Å². The molecule has 4 heterocycles. The molecule has 0 N–H and O–H groups in total. The summed E-state index contributed by atoms with van der Waals surface area (Å²) in [5, 5.41) is 11.2. The fourth-order valence-electron chi connectivity index (χ4n) is 11.9. The van der Waals surface area contributed by atoms with Gasteiger partial charge in [0.1, 0.15) is 0 Å². The smallest absolute Gasteiger partial charge is 0.164 e. The number of rotatable bonds is 9. The van der Waals surface area contributed by atoms with Crippen molar-refractivity contribution in [1.82, 2.24) is 39.9 Å². The molecular formula is C76H46N8. The Bertz CT molecular complexity index is 5120. The lowest BCUT2D eigenvalue weighted by molar-refractivity contribution is 1.07. The zero-order valence-corrected chi connectivity index (χ0v) is 45.1. The van der Waals surface area contributed by atoms with Crippen LogP contribution in [0.25, 0.3) is 167 Å². The summed E-state index contributed by atoms with van der Waals surface area (Å²) in [6, 6.07) is 92.9. The number of hydrogen-bond donors (Lipinski definition) is 0. The number of para-hydroxylation sites is 1. The molecule has 0 amide bonds. The maximum Gasteiger partial charge on any atom is 0.164 e. The molecule has 8 nitrogen and oxygen atoms in total. The molecule has 12 aromatic carbocycles. The van der Waals surface area contributed by atoms with Gasteiger partial charge in [0.05, 0.1) is 11.0 Å². The summed E-state index contributed by atoms with van der Waals surface area (Å²) in [4.78, 5) is 40.9. The summed E-state index contributed by atoms with van der Waals surface area (Å²) in [6.07, 6.45) is 3.73. The molecule has 0 radical (unpaired) electrons. The zero-order chi connectivity index (χ0) is 55.5. The first-order chi connectivity index (χ1) is 41.6. The normalized spacial score (nSPS) is 11.6. The summed E-state index contributed by atoms with van der Waals surface area (Å²) in [5.74, 6) is 3.61. The van der Waals surface area contributed by atoms with Crippen molar-refractivity contribution < 1.29 is 0 Å². The molecule has 0 aliphatic rings. The van der Waals surface area contributed by atoms with Crippen molar-refractivity contribution in [2.45, 2.75) is 0 Å². The highest BCUT2D eigenvalue weighted by Gasteiger charge is 2.20. The van der Waals surface area contributed by atoms with Gasteiger partial charge in [0, 0.05) is 62.1 Å². The SMILES string of the molecule is c1ccc(-c2nc(-c3ccc(-c4cccc5cccnc45)cc3)nc(-c3cccc(-c4ccc5c(-c6ccc(-c7nc(-c8cc9ccccc9c9ccccc89)nc(-c8cc9ccccc9c9ccccc89)n7)cc6)ccnc5c4)c3)n2)cc1. The molecule has 0 fully saturated rings. The van der Waals surface area contributed by atoms with Crippen LogP contribution in [0, 0.1) is 0 Å². The van der Waals surface area contributed by atoms with E-state index in [0.29, 0.717) is 34.9 Å². The lowest BCUT2D eigenvalue weighted by Gasteiger charge is -2.14. The maximum atomic E-state index is 5.37. The highest BCUT2D eigenvalue weighted by atomic mass is 15.0. The largest absolute Gasteiger partial charge is 0.256 e. The van der Waals surface area contributed by atoms with Gasteiger partial charge in [-0.2, -0.15) is 0 Å². The molecule has 0 saturated carbocycles. The average Bonchev–Trinajstić information content (AvgIpc) is 2.58. The number of fused-ring (bicyclic) bond motifs is 8. The first-order valence-electron chi connectivity index (χ1n) is 28.0. The lowest BCUT2D eigenvalue weighted by atomic mass is 9.95. The third kappa shape index (κ3) is 8.65. The van der Waals surface area contributed by atoms with Gasteiger partial charge in [-0.05, 0) is 107 Å². The summed E-state index contributed by atoms with van der Waals surface area (Å²) in [6.45, 7) is 0. The zero-order valence-electron chi connectivity index (χ0n) is 45.1. The maximum absolute atomic E-state index is 5.37. The molecule has 16 aromatic rings. The second-order valence-corrected chi connectivity index (χ2v) is 21.1. The first-order valence-corrected chi connectivity index (χ1v) is 28.0. The van der Waals surface area contributed by atoms with E-state index in [0.717, 1.165) is 121 Å². The Kier molecular flexibility index (Phi) is 11.7. The minimum atomic E-state index is 0.585. The predicted molar refractivity (Wildman–Crippen MR) is 343 cm³/mol. The van der Waals surface area contributed by atoms with E-state index in [1.165, 1.54) is 10.8 Å². The van der Waals surface area contributed by atoms with Gasteiger partial charge < -0.3 is 0 Å². The van der Waals surface area contributed by atoms with E-state index in [1.54, 1.807) is 0 Å².